The number of hydrogen-bond acceptors (Lipinski definition) is 3. The van der Waals surface area contributed by atoms with Gasteiger partial charge in [-0.05, 0) is 70.3 Å². The van der Waals surface area contributed by atoms with E-state index in [0.29, 0.717) is 12.5 Å². The highest BCUT2D eigenvalue weighted by molar-refractivity contribution is 7.91. The molecule has 1 aromatic rings. The second-order valence-corrected chi connectivity index (χ2v) is 9.66. The Labute approximate surface area is 150 Å². The molecule has 4 heteroatoms. The largest absolute Gasteiger partial charge is 0.591 e. The average Bonchev–Trinajstić information content (AvgIpc) is 2.57. The summed E-state index contributed by atoms with van der Waals surface area (Å²) in [7, 11) is 0. The Hall–Kier alpha value is -0.840. The van der Waals surface area contributed by atoms with E-state index in [-0.39, 0.29) is 4.75 Å². The number of benzene rings is 1. The molecule has 0 aromatic heterocycles. The summed E-state index contributed by atoms with van der Waals surface area (Å²) < 4.78 is 21.8. The standard InChI is InChI=1S/C20H31NO2S/c1-20(2,3)24(22)21-15-18-11-9-17(10-12-18)13-14-23-16-19-7-5-4-6-8-19/h4-8,15,17-18H,9-14,16H2,1-3H3. The van der Waals surface area contributed by atoms with Crippen LogP contribution < -0.4 is 0 Å². The number of nitrogens with zero attached hydrogens (tertiary/aromatic N) is 1. The zero-order valence-electron chi connectivity index (χ0n) is 15.2. The molecule has 1 aliphatic rings. The summed E-state index contributed by atoms with van der Waals surface area (Å²) in [6, 6.07) is 10.3. The van der Waals surface area contributed by atoms with Gasteiger partial charge in [0.2, 0.25) is 0 Å². The summed E-state index contributed by atoms with van der Waals surface area (Å²) in [6.45, 7) is 7.44. The van der Waals surface area contributed by atoms with Crippen LogP contribution in [-0.2, 0) is 22.7 Å². The van der Waals surface area contributed by atoms with E-state index in [2.05, 4.69) is 16.5 Å². The predicted octanol–water partition coefficient (Wildman–Crippen LogP) is 4.93. The maximum atomic E-state index is 12.0. The van der Waals surface area contributed by atoms with E-state index in [1.54, 1.807) is 0 Å². The van der Waals surface area contributed by atoms with Crippen LogP contribution in [0.3, 0.4) is 0 Å². The van der Waals surface area contributed by atoms with Gasteiger partial charge in [0.15, 0.2) is 0 Å². The van der Waals surface area contributed by atoms with Crippen molar-refractivity contribution in [3.63, 3.8) is 0 Å². The van der Waals surface area contributed by atoms with Crippen molar-refractivity contribution in [1.82, 2.24) is 0 Å². The van der Waals surface area contributed by atoms with E-state index in [0.717, 1.165) is 31.8 Å². The first-order chi connectivity index (χ1) is 11.4. The van der Waals surface area contributed by atoms with Gasteiger partial charge >= 0.3 is 0 Å². The minimum atomic E-state index is -1.12. The van der Waals surface area contributed by atoms with E-state index < -0.39 is 11.4 Å². The first-order valence-electron chi connectivity index (χ1n) is 9.03. The van der Waals surface area contributed by atoms with E-state index in [1.807, 2.05) is 45.2 Å². The van der Waals surface area contributed by atoms with E-state index in [4.69, 9.17) is 4.74 Å². The molecule has 0 amide bonds. The van der Waals surface area contributed by atoms with Gasteiger partial charge in [0, 0.05) is 6.61 Å². The lowest BCUT2D eigenvalue weighted by molar-refractivity contribution is 0.100. The van der Waals surface area contributed by atoms with Gasteiger partial charge < -0.3 is 9.29 Å². The monoisotopic (exact) mass is 349 g/mol. The molecule has 1 saturated carbocycles. The second-order valence-electron chi connectivity index (χ2n) is 7.72. The summed E-state index contributed by atoms with van der Waals surface area (Å²) >= 11 is -1.12. The first-order valence-corrected chi connectivity index (χ1v) is 10.1. The Balaban J connectivity index is 1.60. The molecule has 1 aliphatic carbocycles. The molecule has 0 radical (unpaired) electrons. The SMILES string of the molecule is CC(C)(C)[S+]([O-])N=CC1CCC(CCOCc2ccccc2)CC1. The van der Waals surface area contributed by atoms with Gasteiger partial charge in [0.05, 0.1) is 12.8 Å². The molecule has 1 atom stereocenters. The topological polar surface area (TPSA) is 44.7 Å². The van der Waals surface area contributed by atoms with Gasteiger partial charge in [0.25, 0.3) is 0 Å². The third-order valence-corrected chi connectivity index (χ3v) is 5.93. The molecular formula is C20H31NO2S. The summed E-state index contributed by atoms with van der Waals surface area (Å²) in [6.07, 6.45) is 7.87. The number of hydrogen-bond donors (Lipinski definition) is 0. The Bertz CT molecular complexity index is 490. The molecule has 134 valence electrons. The summed E-state index contributed by atoms with van der Waals surface area (Å²) in [5.41, 5.74) is 1.24. The van der Waals surface area contributed by atoms with Crippen LogP contribution in [0.15, 0.2) is 34.7 Å². The zero-order valence-corrected chi connectivity index (χ0v) is 16.1. The average molecular weight is 350 g/mol. The highest BCUT2D eigenvalue weighted by Crippen LogP contribution is 2.30. The van der Waals surface area contributed by atoms with Crippen LogP contribution in [0.2, 0.25) is 0 Å². The molecule has 0 N–H and O–H groups in total. The van der Waals surface area contributed by atoms with Crippen molar-refractivity contribution in [2.45, 2.75) is 64.2 Å². The molecule has 0 aliphatic heterocycles. The molecular weight excluding hydrogens is 318 g/mol. The van der Waals surface area contributed by atoms with Gasteiger partial charge in [0.1, 0.15) is 16.1 Å². The zero-order chi connectivity index (χ0) is 17.4. The molecule has 1 unspecified atom stereocenters. The smallest absolute Gasteiger partial charge is 0.144 e. The fraction of sp³-hybridized carbons (Fsp3) is 0.650. The summed E-state index contributed by atoms with van der Waals surface area (Å²) in [5.74, 6) is 1.26. The van der Waals surface area contributed by atoms with Crippen molar-refractivity contribution in [3.8, 4) is 0 Å². The van der Waals surface area contributed by atoms with E-state index >= 15 is 0 Å². The molecule has 0 heterocycles. The normalized spacial score (nSPS) is 23.5. The Morgan fingerprint density at radius 3 is 2.46 bits per heavy atom. The van der Waals surface area contributed by atoms with Gasteiger partial charge in [-0.15, -0.1) is 0 Å². The Morgan fingerprint density at radius 1 is 1.17 bits per heavy atom. The van der Waals surface area contributed by atoms with Crippen molar-refractivity contribution in [3.05, 3.63) is 35.9 Å². The molecule has 3 nitrogen and oxygen atoms in total. The van der Waals surface area contributed by atoms with Crippen molar-refractivity contribution in [1.29, 1.82) is 0 Å². The molecule has 1 fully saturated rings. The molecule has 1 aromatic carbocycles. The Kier molecular flexibility index (Phi) is 7.79. The van der Waals surface area contributed by atoms with Crippen LogP contribution in [0.25, 0.3) is 0 Å². The highest BCUT2D eigenvalue weighted by Gasteiger charge is 2.27. The molecule has 0 bridgehead atoms. The lowest BCUT2D eigenvalue weighted by Crippen LogP contribution is -2.26. The fourth-order valence-corrected chi connectivity index (χ4v) is 3.54. The molecule has 24 heavy (non-hydrogen) atoms. The van der Waals surface area contributed by atoms with Gasteiger partial charge in [-0.25, -0.2) is 0 Å². The lowest BCUT2D eigenvalue weighted by atomic mass is 9.81. The van der Waals surface area contributed by atoms with Gasteiger partial charge in [-0.3, -0.25) is 0 Å². The van der Waals surface area contributed by atoms with Crippen molar-refractivity contribution < 1.29 is 9.29 Å². The van der Waals surface area contributed by atoms with Crippen molar-refractivity contribution in [2.75, 3.05) is 6.61 Å². The van der Waals surface area contributed by atoms with Crippen LogP contribution >= 0.6 is 0 Å². The second kappa shape index (κ2) is 9.59. The minimum Gasteiger partial charge on any atom is -0.591 e. The highest BCUT2D eigenvalue weighted by atomic mass is 32.2. The maximum absolute atomic E-state index is 12.0. The van der Waals surface area contributed by atoms with Crippen LogP contribution in [-0.4, -0.2) is 22.1 Å². The van der Waals surface area contributed by atoms with Gasteiger partial charge in [-0.1, -0.05) is 34.7 Å². The van der Waals surface area contributed by atoms with Crippen LogP contribution in [0.4, 0.5) is 0 Å². The lowest BCUT2D eigenvalue weighted by Gasteiger charge is -2.26. The third kappa shape index (κ3) is 6.96. The summed E-state index contributed by atoms with van der Waals surface area (Å²) in [5, 5.41) is 0. The fourth-order valence-electron chi connectivity index (χ4n) is 2.94. The van der Waals surface area contributed by atoms with E-state index in [1.165, 1.54) is 18.4 Å². The van der Waals surface area contributed by atoms with Crippen LogP contribution in [0.5, 0.6) is 0 Å². The first kappa shape index (κ1) is 19.5. The number of rotatable bonds is 7. The van der Waals surface area contributed by atoms with Crippen molar-refractivity contribution >= 4 is 17.6 Å². The summed E-state index contributed by atoms with van der Waals surface area (Å²) in [4.78, 5) is 0. The maximum Gasteiger partial charge on any atom is 0.144 e. The van der Waals surface area contributed by atoms with Crippen LogP contribution in [0.1, 0.15) is 58.4 Å². The molecule has 0 saturated heterocycles. The number of ether oxygens (including phenoxy) is 1. The minimum absolute atomic E-state index is 0.260. The predicted molar refractivity (Wildman–Crippen MR) is 103 cm³/mol. The molecule has 2 rings (SSSR count). The van der Waals surface area contributed by atoms with Crippen LogP contribution in [0, 0.1) is 11.8 Å². The molecule has 0 spiro atoms. The van der Waals surface area contributed by atoms with E-state index in [9.17, 15) is 4.55 Å². The van der Waals surface area contributed by atoms with Gasteiger partial charge in [-0.2, -0.15) is 0 Å². The Morgan fingerprint density at radius 2 is 1.83 bits per heavy atom. The third-order valence-electron chi connectivity index (χ3n) is 4.56. The van der Waals surface area contributed by atoms with Crippen molar-refractivity contribution in [2.24, 2.45) is 16.2 Å². The quantitative estimate of drug-likeness (QED) is 0.398.